The van der Waals surface area contributed by atoms with Gasteiger partial charge in [-0.1, -0.05) is 0 Å². The molecular formula is C9H7N5O. The molecule has 6 heteroatoms. The topological polar surface area (TPSA) is 68.8 Å². The van der Waals surface area contributed by atoms with E-state index in [-0.39, 0.29) is 6.01 Å². The van der Waals surface area contributed by atoms with E-state index in [1.807, 2.05) is 12.1 Å². The molecule has 0 amide bonds. The van der Waals surface area contributed by atoms with Crippen molar-refractivity contribution in [1.82, 2.24) is 24.3 Å². The third-order valence-corrected chi connectivity index (χ3v) is 2.10. The fourth-order valence-electron chi connectivity index (χ4n) is 1.48. The summed E-state index contributed by atoms with van der Waals surface area (Å²) in [5.41, 5.74) is 1.13. The highest BCUT2D eigenvalue weighted by molar-refractivity contribution is 5.70. The molecule has 3 heterocycles. The standard InChI is InChI=1S/C9H7N5O/c15-9-12-7-5-10-6-11-8(7)14(9)13-3-1-2-4-13/h1-6H,(H,12,15). The molecule has 0 bridgehead atoms. The molecule has 0 aliphatic carbocycles. The Morgan fingerprint density at radius 3 is 2.80 bits per heavy atom. The number of rotatable bonds is 1. The van der Waals surface area contributed by atoms with Gasteiger partial charge in [0.15, 0.2) is 5.65 Å². The summed E-state index contributed by atoms with van der Waals surface area (Å²) in [6.07, 6.45) is 6.57. The van der Waals surface area contributed by atoms with Gasteiger partial charge in [-0.2, -0.15) is 9.66 Å². The molecule has 0 spiro atoms. The summed E-state index contributed by atoms with van der Waals surface area (Å²) in [5, 5.41) is 9.67. The van der Waals surface area contributed by atoms with E-state index in [1.54, 1.807) is 23.3 Å². The van der Waals surface area contributed by atoms with Crippen molar-refractivity contribution in [1.29, 1.82) is 0 Å². The van der Waals surface area contributed by atoms with E-state index in [0.29, 0.717) is 11.2 Å². The minimum Gasteiger partial charge on any atom is -0.479 e. The third kappa shape index (κ3) is 1.08. The molecule has 0 aliphatic rings. The summed E-state index contributed by atoms with van der Waals surface area (Å²) in [6, 6.07) is 3.60. The summed E-state index contributed by atoms with van der Waals surface area (Å²) in [7, 11) is 0. The second-order valence-electron chi connectivity index (χ2n) is 3.02. The van der Waals surface area contributed by atoms with Gasteiger partial charge < -0.3 is 5.11 Å². The van der Waals surface area contributed by atoms with E-state index in [9.17, 15) is 5.11 Å². The lowest BCUT2D eigenvalue weighted by Gasteiger charge is -2.04. The number of aromatic nitrogens is 5. The first-order valence-electron chi connectivity index (χ1n) is 4.37. The average Bonchev–Trinajstić information content (AvgIpc) is 2.82. The molecule has 0 radical (unpaired) electrons. The van der Waals surface area contributed by atoms with Gasteiger partial charge in [-0.25, -0.2) is 9.97 Å². The zero-order chi connectivity index (χ0) is 10.3. The van der Waals surface area contributed by atoms with Gasteiger partial charge in [-0.3, -0.25) is 4.68 Å². The summed E-state index contributed by atoms with van der Waals surface area (Å²) in [6.45, 7) is 0. The molecule has 6 nitrogen and oxygen atoms in total. The lowest BCUT2D eigenvalue weighted by atomic mass is 10.6. The predicted octanol–water partition coefficient (Wildman–Crippen LogP) is 0.645. The molecule has 74 valence electrons. The Hall–Kier alpha value is -2.37. The summed E-state index contributed by atoms with van der Waals surface area (Å²) < 4.78 is 3.19. The number of hydrogen-bond donors (Lipinski definition) is 1. The highest BCUT2D eigenvalue weighted by Crippen LogP contribution is 2.17. The van der Waals surface area contributed by atoms with Crippen molar-refractivity contribution < 1.29 is 5.11 Å². The van der Waals surface area contributed by atoms with Crippen LogP contribution in [-0.4, -0.2) is 29.4 Å². The minimum absolute atomic E-state index is 0.110. The Kier molecular flexibility index (Phi) is 1.49. The molecule has 3 aromatic heterocycles. The second-order valence-corrected chi connectivity index (χ2v) is 3.02. The largest absolute Gasteiger partial charge is 0.479 e. The molecule has 0 aromatic carbocycles. The van der Waals surface area contributed by atoms with Crippen LogP contribution in [0.4, 0.5) is 0 Å². The quantitative estimate of drug-likeness (QED) is 0.627. The zero-order valence-corrected chi connectivity index (χ0v) is 7.65. The third-order valence-electron chi connectivity index (χ3n) is 2.10. The first-order valence-corrected chi connectivity index (χ1v) is 4.37. The van der Waals surface area contributed by atoms with Crippen molar-refractivity contribution >= 4 is 11.2 Å². The number of nitrogens with zero attached hydrogens (tertiary/aromatic N) is 5. The normalized spacial score (nSPS) is 10.9. The lowest BCUT2D eigenvalue weighted by molar-refractivity contribution is 0.393. The van der Waals surface area contributed by atoms with E-state index in [4.69, 9.17) is 0 Å². The van der Waals surface area contributed by atoms with Crippen LogP contribution in [0, 0.1) is 0 Å². The first kappa shape index (κ1) is 7.98. The zero-order valence-electron chi connectivity index (χ0n) is 7.65. The fourth-order valence-corrected chi connectivity index (χ4v) is 1.48. The van der Waals surface area contributed by atoms with Gasteiger partial charge >= 0.3 is 6.01 Å². The van der Waals surface area contributed by atoms with Crippen molar-refractivity contribution in [2.24, 2.45) is 0 Å². The van der Waals surface area contributed by atoms with Gasteiger partial charge in [0.2, 0.25) is 0 Å². The monoisotopic (exact) mass is 201 g/mol. The van der Waals surface area contributed by atoms with Crippen LogP contribution in [0.1, 0.15) is 0 Å². The Morgan fingerprint density at radius 1 is 1.20 bits per heavy atom. The van der Waals surface area contributed by atoms with Crippen LogP contribution in [0.2, 0.25) is 0 Å². The maximum absolute atomic E-state index is 9.67. The molecule has 3 rings (SSSR count). The van der Waals surface area contributed by atoms with Crippen molar-refractivity contribution in [2.45, 2.75) is 0 Å². The van der Waals surface area contributed by atoms with E-state index in [2.05, 4.69) is 15.0 Å². The van der Waals surface area contributed by atoms with Crippen molar-refractivity contribution in [3.05, 3.63) is 37.1 Å². The Balaban J connectivity index is 2.39. The number of hydrogen-bond acceptors (Lipinski definition) is 4. The van der Waals surface area contributed by atoms with Crippen molar-refractivity contribution in [3.63, 3.8) is 0 Å². The Bertz CT molecular complexity index is 598. The lowest BCUT2D eigenvalue weighted by Crippen LogP contribution is -2.06. The summed E-state index contributed by atoms with van der Waals surface area (Å²) in [5.74, 6) is 0. The van der Waals surface area contributed by atoms with Crippen LogP contribution >= 0.6 is 0 Å². The van der Waals surface area contributed by atoms with E-state index >= 15 is 0 Å². The van der Waals surface area contributed by atoms with Crippen LogP contribution in [0.3, 0.4) is 0 Å². The maximum Gasteiger partial charge on any atom is 0.316 e. The van der Waals surface area contributed by atoms with Gasteiger partial charge in [0.05, 0.1) is 6.20 Å². The van der Waals surface area contributed by atoms with Crippen LogP contribution in [-0.2, 0) is 0 Å². The molecule has 0 saturated carbocycles. The van der Waals surface area contributed by atoms with Crippen LogP contribution in [0.5, 0.6) is 6.01 Å². The van der Waals surface area contributed by atoms with Gasteiger partial charge in [0.25, 0.3) is 0 Å². The maximum atomic E-state index is 9.67. The highest BCUT2D eigenvalue weighted by atomic mass is 16.3. The van der Waals surface area contributed by atoms with Crippen LogP contribution < -0.4 is 0 Å². The van der Waals surface area contributed by atoms with Crippen LogP contribution in [0.15, 0.2) is 37.1 Å². The number of fused-ring (bicyclic) bond motifs is 1. The van der Waals surface area contributed by atoms with Gasteiger partial charge in [0.1, 0.15) is 11.8 Å². The summed E-state index contributed by atoms with van der Waals surface area (Å²) >= 11 is 0. The fraction of sp³-hybridized carbons (Fsp3) is 0. The Morgan fingerprint density at radius 2 is 2.00 bits per heavy atom. The first-order chi connectivity index (χ1) is 7.36. The van der Waals surface area contributed by atoms with E-state index < -0.39 is 0 Å². The average molecular weight is 201 g/mol. The molecule has 0 unspecified atom stereocenters. The minimum atomic E-state index is -0.110. The molecule has 3 aromatic rings. The molecule has 0 saturated heterocycles. The number of aromatic hydroxyl groups is 1. The number of imidazole rings is 1. The smallest absolute Gasteiger partial charge is 0.316 e. The second kappa shape index (κ2) is 2.81. The van der Waals surface area contributed by atoms with E-state index in [1.165, 1.54) is 11.0 Å². The van der Waals surface area contributed by atoms with Crippen molar-refractivity contribution in [2.75, 3.05) is 0 Å². The molecule has 1 N–H and O–H groups in total. The molecular weight excluding hydrogens is 194 g/mol. The van der Waals surface area contributed by atoms with Gasteiger partial charge in [-0.05, 0) is 12.1 Å². The SMILES string of the molecule is Oc1nc2cncnc2n1-n1cccc1. The Labute approximate surface area is 84.4 Å². The summed E-state index contributed by atoms with van der Waals surface area (Å²) in [4.78, 5) is 11.8. The van der Waals surface area contributed by atoms with E-state index in [0.717, 1.165) is 0 Å². The highest BCUT2D eigenvalue weighted by Gasteiger charge is 2.11. The van der Waals surface area contributed by atoms with Gasteiger partial charge in [0, 0.05) is 12.4 Å². The molecule has 0 atom stereocenters. The predicted molar refractivity (Wildman–Crippen MR) is 52.2 cm³/mol. The van der Waals surface area contributed by atoms with Crippen molar-refractivity contribution in [3.8, 4) is 6.01 Å². The molecule has 0 aliphatic heterocycles. The van der Waals surface area contributed by atoms with Gasteiger partial charge in [-0.15, -0.1) is 0 Å². The van der Waals surface area contributed by atoms with Crippen LogP contribution in [0.25, 0.3) is 11.2 Å². The molecule has 15 heavy (non-hydrogen) atoms. The molecule has 0 fully saturated rings.